The summed E-state index contributed by atoms with van der Waals surface area (Å²) in [7, 11) is -3.72. The highest BCUT2D eigenvalue weighted by atomic mass is 31.2. The van der Waals surface area contributed by atoms with Crippen molar-refractivity contribution in [1.29, 1.82) is 0 Å². The van der Waals surface area contributed by atoms with Crippen LogP contribution in [0.2, 0.25) is 0 Å². The van der Waals surface area contributed by atoms with Crippen molar-refractivity contribution in [2.75, 3.05) is 0 Å². The summed E-state index contributed by atoms with van der Waals surface area (Å²) in [6, 6.07) is 0. The van der Waals surface area contributed by atoms with Gasteiger partial charge in [0, 0.05) is 5.66 Å². The molecule has 0 saturated carbocycles. The molecule has 0 aliphatic heterocycles. The van der Waals surface area contributed by atoms with E-state index in [-0.39, 0.29) is 6.10 Å². The Hall–Kier alpha value is -0.290. The number of terminal acetylenes is 1. The van der Waals surface area contributed by atoms with E-state index >= 15 is 0 Å². The Kier molecular flexibility index (Phi) is 3.67. The van der Waals surface area contributed by atoms with Crippen LogP contribution in [0.15, 0.2) is 0 Å². The largest absolute Gasteiger partial charge is 0.403 e. The summed E-state index contributed by atoms with van der Waals surface area (Å²) in [5, 5.41) is 0. The van der Waals surface area contributed by atoms with E-state index in [0.717, 1.165) is 0 Å². The molecule has 2 unspecified atom stereocenters. The topological polar surface area (TPSA) is 46.5 Å². The number of hydrogen-bond donors (Lipinski definition) is 1. The maximum Gasteiger partial charge on any atom is 0.403 e. The minimum atomic E-state index is -3.72. The monoisotopic (exact) mass is 162 g/mol. The Morgan fingerprint density at radius 2 is 2.40 bits per heavy atom. The minimum Gasteiger partial charge on any atom is -0.315 e. The van der Waals surface area contributed by atoms with Gasteiger partial charge in [-0.25, -0.2) is 4.57 Å². The first-order valence-corrected chi connectivity index (χ1v) is 4.58. The summed E-state index contributed by atoms with van der Waals surface area (Å²) >= 11 is 0. The van der Waals surface area contributed by atoms with E-state index in [2.05, 4.69) is 4.52 Å². The van der Waals surface area contributed by atoms with Crippen LogP contribution in [0.5, 0.6) is 0 Å². The molecule has 58 valence electrons. The molecule has 0 aromatic rings. The van der Waals surface area contributed by atoms with Crippen molar-refractivity contribution in [2.24, 2.45) is 0 Å². The Bertz CT molecular complexity index is 182. The Labute approximate surface area is 60.9 Å². The average molecular weight is 162 g/mol. The van der Waals surface area contributed by atoms with E-state index in [1.165, 1.54) is 0 Å². The van der Waals surface area contributed by atoms with Crippen LogP contribution in [0, 0.1) is 12.1 Å². The van der Waals surface area contributed by atoms with Gasteiger partial charge in [-0.05, 0) is 13.3 Å². The second kappa shape index (κ2) is 3.78. The minimum absolute atomic E-state index is 0.258. The van der Waals surface area contributed by atoms with Crippen molar-refractivity contribution in [3.63, 3.8) is 0 Å². The summed E-state index contributed by atoms with van der Waals surface area (Å²) in [6.07, 6.45) is 5.14. The summed E-state index contributed by atoms with van der Waals surface area (Å²) < 4.78 is 15.3. The van der Waals surface area contributed by atoms with Crippen LogP contribution >= 0.6 is 7.60 Å². The van der Waals surface area contributed by atoms with Gasteiger partial charge in [0.2, 0.25) is 0 Å². The van der Waals surface area contributed by atoms with Gasteiger partial charge in [0.15, 0.2) is 0 Å². The van der Waals surface area contributed by atoms with E-state index < -0.39 is 7.60 Å². The highest BCUT2D eigenvalue weighted by Crippen LogP contribution is 2.41. The van der Waals surface area contributed by atoms with Crippen LogP contribution in [0.4, 0.5) is 0 Å². The average Bonchev–Trinajstić information content (AvgIpc) is 1.87. The van der Waals surface area contributed by atoms with E-state index in [4.69, 9.17) is 11.3 Å². The summed E-state index contributed by atoms with van der Waals surface area (Å²) in [5.41, 5.74) is 1.70. The standard InChI is InChI=1S/C6H11O3P/c1-4-6(3)9-10(7,8)5-2/h2,6H,4H2,1,3H3,(H,7,8). The molecule has 0 aliphatic rings. The molecule has 10 heavy (non-hydrogen) atoms. The lowest BCUT2D eigenvalue weighted by Crippen LogP contribution is -2.02. The molecular weight excluding hydrogens is 151 g/mol. The van der Waals surface area contributed by atoms with E-state index in [0.29, 0.717) is 6.42 Å². The molecule has 0 bridgehead atoms. The van der Waals surface area contributed by atoms with Crippen LogP contribution in [0.1, 0.15) is 20.3 Å². The molecule has 0 fully saturated rings. The summed E-state index contributed by atoms with van der Waals surface area (Å²) in [4.78, 5) is 8.72. The predicted molar refractivity (Wildman–Crippen MR) is 39.5 cm³/mol. The van der Waals surface area contributed by atoms with Gasteiger partial charge in [-0.3, -0.25) is 4.52 Å². The zero-order valence-corrected chi connectivity index (χ0v) is 6.97. The van der Waals surface area contributed by atoms with Crippen molar-refractivity contribution in [3.05, 3.63) is 0 Å². The first-order chi connectivity index (χ1) is 4.52. The molecule has 0 heterocycles. The lowest BCUT2D eigenvalue weighted by molar-refractivity contribution is 0.193. The Morgan fingerprint density at radius 1 is 1.90 bits per heavy atom. The van der Waals surface area contributed by atoms with E-state index in [9.17, 15) is 4.57 Å². The van der Waals surface area contributed by atoms with Gasteiger partial charge in [0.25, 0.3) is 0 Å². The maximum absolute atomic E-state index is 10.6. The molecule has 0 aromatic heterocycles. The highest BCUT2D eigenvalue weighted by Gasteiger charge is 2.17. The summed E-state index contributed by atoms with van der Waals surface area (Å²) in [6.45, 7) is 3.54. The van der Waals surface area contributed by atoms with Crippen molar-refractivity contribution >= 4 is 7.60 Å². The van der Waals surface area contributed by atoms with Crippen LogP contribution < -0.4 is 0 Å². The molecule has 0 aliphatic carbocycles. The van der Waals surface area contributed by atoms with Crippen LogP contribution in [0.25, 0.3) is 0 Å². The smallest absolute Gasteiger partial charge is 0.315 e. The SMILES string of the molecule is C#CP(=O)(O)OC(C)CC. The fourth-order valence-corrected chi connectivity index (χ4v) is 1.05. The lowest BCUT2D eigenvalue weighted by Gasteiger charge is -2.10. The molecule has 0 saturated heterocycles. The number of rotatable bonds is 3. The van der Waals surface area contributed by atoms with Gasteiger partial charge in [-0.1, -0.05) is 6.92 Å². The van der Waals surface area contributed by atoms with Gasteiger partial charge in [0.1, 0.15) is 0 Å². The highest BCUT2D eigenvalue weighted by molar-refractivity contribution is 7.58. The number of hydrogen-bond acceptors (Lipinski definition) is 2. The first kappa shape index (κ1) is 9.71. The maximum atomic E-state index is 10.6. The molecule has 0 aromatic carbocycles. The fraction of sp³-hybridized carbons (Fsp3) is 0.667. The van der Waals surface area contributed by atoms with Gasteiger partial charge in [-0.15, -0.1) is 6.42 Å². The molecule has 1 N–H and O–H groups in total. The van der Waals surface area contributed by atoms with E-state index in [1.54, 1.807) is 12.6 Å². The molecule has 4 heteroatoms. The van der Waals surface area contributed by atoms with Gasteiger partial charge in [-0.2, -0.15) is 0 Å². The normalized spacial score (nSPS) is 19.0. The quantitative estimate of drug-likeness (QED) is 0.506. The molecule has 0 radical (unpaired) electrons. The van der Waals surface area contributed by atoms with Crippen molar-refractivity contribution in [1.82, 2.24) is 0 Å². The van der Waals surface area contributed by atoms with Crippen LogP contribution in [-0.4, -0.2) is 11.0 Å². The molecule has 3 nitrogen and oxygen atoms in total. The van der Waals surface area contributed by atoms with Crippen molar-refractivity contribution < 1.29 is 14.0 Å². The predicted octanol–water partition coefficient (Wildman–Crippen LogP) is 1.58. The Morgan fingerprint density at radius 3 is 2.70 bits per heavy atom. The van der Waals surface area contributed by atoms with Crippen LogP contribution in [-0.2, 0) is 9.09 Å². The van der Waals surface area contributed by atoms with Crippen molar-refractivity contribution in [3.8, 4) is 12.1 Å². The fourth-order valence-electron chi connectivity index (χ4n) is 0.349. The lowest BCUT2D eigenvalue weighted by atomic mass is 10.3. The summed E-state index contributed by atoms with van der Waals surface area (Å²) in [5.74, 6) is 0. The second-order valence-electron chi connectivity index (χ2n) is 1.97. The van der Waals surface area contributed by atoms with Gasteiger partial charge < -0.3 is 4.89 Å². The third kappa shape index (κ3) is 3.68. The molecule has 2 atom stereocenters. The molecular formula is C6H11O3P. The third-order valence-electron chi connectivity index (χ3n) is 1.06. The van der Waals surface area contributed by atoms with E-state index in [1.807, 2.05) is 6.92 Å². The first-order valence-electron chi connectivity index (χ1n) is 3.01. The van der Waals surface area contributed by atoms with Gasteiger partial charge >= 0.3 is 7.60 Å². The van der Waals surface area contributed by atoms with Gasteiger partial charge in [0.05, 0.1) is 6.10 Å². The Balaban J connectivity index is 3.92. The molecule has 0 amide bonds. The zero-order valence-electron chi connectivity index (χ0n) is 6.07. The molecule has 0 spiro atoms. The van der Waals surface area contributed by atoms with Crippen molar-refractivity contribution in [2.45, 2.75) is 26.4 Å². The zero-order chi connectivity index (χ0) is 8.20. The second-order valence-corrected chi connectivity index (χ2v) is 3.48. The molecule has 0 rings (SSSR count). The van der Waals surface area contributed by atoms with Crippen LogP contribution in [0.3, 0.4) is 0 Å². The third-order valence-corrected chi connectivity index (χ3v) is 2.03.